The Kier molecular flexibility index (Phi) is 4.50. The number of carbonyl (C=O) groups excluding carboxylic acids is 1. The number of amides is 1. The number of fused-ring (bicyclic) bond motifs is 1. The van der Waals surface area contributed by atoms with Crippen LogP contribution >= 0.6 is 0 Å². The summed E-state index contributed by atoms with van der Waals surface area (Å²) in [5.74, 6) is -0.441. The minimum Gasteiger partial charge on any atom is -0.478 e. The van der Waals surface area contributed by atoms with Crippen LogP contribution in [-0.2, 0) is 11.2 Å². The van der Waals surface area contributed by atoms with Gasteiger partial charge in [-0.3, -0.25) is 4.79 Å². The van der Waals surface area contributed by atoms with Gasteiger partial charge in [-0.05, 0) is 23.8 Å². The molecular formula is C20H20N4O3. The van der Waals surface area contributed by atoms with Crippen molar-refractivity contribution < 1.29 is 14.7 Å². The topological polar surface area (TPSA) is 89.5 Å². The molecule has 1 aliphatic rings. The zero-order valence-corrected chi connectivity index (χ0v) is 14.8. The fourth-order valence-electron chi connectivity index (χ4n) is 3.54. The lowest BCUT2D eigenvalue weighted by Crippen LogP contribution is -2.49. The largest absolute Gasteiger partial charge is 0.478 e. The van der Waals surface area contributed by atoms with Gasteiger partial charge in [-0.1, -0.05) is 18.2 Å². The number of pyridine rings is 1. The van der Waals surface area contributed by atoms with E-state index >= 15 is 0 Å². The van der Waals surface area contributed by atoms with Crippen molar-refractivity contribution in [3.8, 4) is 0 Å². The number of carboxylic acid groups (broad SMARTS) is 1. The Bertz CT molecular complexity index is 990. The summed E-state index contributed by atoms with van der Waals surface area (Å²) >= 11 is 0. The van der Waals surface area contributed by atoms with Crippen molar-refractivity contribution in [3.63, 3.8) is 0 Å². The van der Waals surface area contributed by atoms with Crippen LogP contribution < -0.4 is 4.90 Å². The Morgan fingerprint density at radius 3 is 2.63 bits per heavy atom. The summed E-state index contributed by atoms with van der Waals surface area (Å²) in [7, 11) is 0. The van der Waals surface area contributed by atoms with Crippen molar-refractivity contribution in [1.29, 1.82) is 0 Å². The van der Waals surface area contributed by atoms with E-state index in [1.54, 1.807) is 18.3 Å². The molecule has 0 spiro atoms. The number of rotatable bonds is 4. The molecule has 0 bridgehead atoms. The number of hydrogen-bond acceptors (Lipinski definition) is 4. The van der Waals surface area contributed by atoms with Crippen LogP contribution in [0.2, 0.25) is 0 Å². The van der Waals surface area contributed by atoms with E-state index in [-0.39, 0.29) is 11.5 Å². The SMILES string of the molecule is O=C(O)c1cccnc1N1CCN(C(=O)Cc2c[nH]c3ccccc23)CC1. The summed E-state index contributed by atoms with van der Waals surface area (Å²) in [6, 6.07) is 11.1. The molecule has 2 N–H and O–H groups in total. The third-order valence-corrected chi connectivity index (χ3v) is 4.97. The molecule has 1 fully saturated rings. The number of carbonyl (C=O) groups is 2. The molecule has 3 heterocycles. The maximum atomic E-state index is 12.7. The van der Waals surface area contributed by atoms with E-state index in [1.165, 1.54) is 0 Å². The Morgan fingerprint density at radius 1 is 1.07 bits per heavy atom. The molecule has 2 aromatic heterocycles. The van der Waals surface area contributed by atoms with E-state index in [4.69, 9.17) is 0 Å². The Balaban J connectivity index is 1.42. The molecule has 1 amide bonds. The number of benzene rings is 1. The van der Waals surface area contributed by atoms with Crippen LogP contribution in [0.5, 0.6) is 0 Å². The van der Waals surface area contributed by atoms with Gasteiger partial charge >= 0.3 is 5.97 Å². The average Bonchev–Trinajstić information content (AvgIpc) is 3.11. The highest BCUT2D eigenvalue weighted by atomic mass is 16.4. The summed E-state index contributed by atoms with van der Waals surface area (Å²) < 4.78 is 0. The van der Waals surface area contributed by atoms with Crippen LogP contribution in [0.4, 0.5) is 5.82 Å². The number of carboxylic acids is 1. The molecule has 7 nitrogen and oxygen atoms in total. The highest BCUT2D eigenvalue weighted by Crippen LogP contribution is 2.21. The molecular weight excluding hydrogens is 344 g/mol. The molecule has 1 aromatic carbocycles. The lowest BCUT2D eigenvalue weighted by Gasteiger charge is -2.36. The van der Waals surface area contributed by atoms with Crippen LogP contribution in [0, 0.1) is 0 Å². The summed E-state index contributed by atoms with van der Waals surface area (Å²) in [6.07, 6.45) is 3.84. The van der Waals surface area contributed by atoms with E-state index in [2.05, 4.69) is 9.97 Å². The highest BCUT2D eigenvalue weighted by Gasteiger charge is 2.25. The lowest BCUT2D eigenvalue weighted by atomic mass is 10.1. The van der Waals surface area contributed by atoms with Crippen LogP contribution in [-0.4, -0.2) is 58.0 Å². The van der Waals surface area contributed by atoms with Crippen LogP contribution in [0.3, 0.4) is 0 Å². The van der Waals surface area contributed by atoms with Gasteiger partial charge in [0.05, 0.1) is 6.42 Å². The summed E-state index contributed by atoms with van der Waals surface area (Å²) in [5, 5.41) is 10.4. The number of nitrogens with one attached hydrogen (secondary N) is 1. The van der Waals surface area contributed by atoms with E-state index in [0.717, 1.165) is 16.5 Å². The smallest absolute Gasteiger partial charge is 0.339 e. The third-order valence-electron chi connectivity index (χ3n) is 4.97. The first-order valence-corrected chi connectivity index (χ1v) is 8.89. The molecule has 4 rings (SSSR count). The fraction of sp³-hybridized carbons (Fsp3) is 0.250. The molecule has 0 saturated carbocycles. The Labute approximate surface area is 156 Å². The Hall–Kier alpha value is -3.35. The van der Waals surface area contributed by atoms with Crippen molar-refractivity contribution >= 4 is 28.6 Å². The minimum absolute atomic E-state index is 0.0823. The zero-order chi connectivity index (χ0) is 18.8. The molecule has 0 radical (unpaired) electrons. The second kappa shape index (κ2) is 7.11. The number of piperazine rings is 1. The van der Waals surface area contributed by atoms with Crippen LogP contribution in [0.25, 0.3) is 10.9 Å². The zero-order valence-electron chi connectivity index (χ0n) is 14.8. The quantitative estimate of drug-likeness (QED) is 0.740. The van der Waals surface area contributed by atoms with E-state index < -0.39 is 5.97 Å². The Morgan fingerprint density at radius 2 is 1.85 bits per heavy atom. The summed E-state index contributed by atoms with van der Waals surface area (Å²) in [5.41, 5.74) is 2.22. The summed E-state index contributed by atoms with van der Waals surface area (Å²) in [4.78, 5) is 35.3. The van der Waals surface area contributed by atoms with Crippen molar-refractivity contribution in [2.45, 2.75) is 6.42 Å². The van der Waals surface area contributed by atoms with Crippen LogP contribution in [0.1, 0.15) is 15.9 Å². The number of para-hydroxylation sites is 1. The lowest BCUT2D eigenvalue weighted by molar-refractivity contribution is -0.130. The van der Waals surface area contributed by atoms with Gasteiger partial charge in [-0.2, -0.15) is 0 Å². The normalized spacial score (nSPS) is 14.5. The van der Waals surface area contributed by atoms with Gasteiger partial charge in [0.15, 0.2) is 0 Å². The number of aromatic nitrogens is 2. The van der Waals surface area contributed by atoms with Gasteiger partial charge in [0.2, 0.25) is 5.91 Å². The van der Waals surface area contributed by atoms with Crippen molar-refractivity contribution in [1.82, 2.24) is 14.9 Å². The first-order chi connectivity index (χ1) is 13.1. The molecule has 27 heavy (non-hydrogen) atoms. The molecule has 3 aromatic rings. The third kappa shape index (κ3) is 3.36. The monoisotopic (exact) mass is 364 g/mol. The molecule has 7 heteroatoms. The molecule has 0 unspecified atom stereocenters. The van der Waals surface area contributed by atoms with Gasteiger partial charge in [0, 0.05) is 49.5 Å². The second-order valence-electron chi connectivity index (χ2n) is 6.58. The molecule has 1 saturated heterocycles. The van der Waals surface area contributed by atoms with Crippen molar-refractivity contribution in [2.75, 3.05) is 31.1 Å². The van der Waals surface area contributed by atoms with Crippen molar-refractivity contribution in [2.24, 2.45) is 0 Å². The van der Waals surface area contributed by atoms with E-state index in [0.29, 0.717) is 38.4 Å². The summed E-state index contributed by atoms with van der Waals surface area (Å²) in [6.45, 7) is 2.24. The first-order valence-electron chi connectivity index (χ1n) is 8.89. The van der Waals surface area contributed by atoms with Gasteiger partial charge in [-0.15, -0.1) is 0 Å². The first kappa shape index (κ1) is 17.1. The maximum Gasteiger partial charge on any atom is 0.339 e. The van der Waals surface area contributed by atoms with Gasteiger partial charge < -0.3 is 19.9 Å². The number of aromatic amines is 1. The van der Waals surface area contributed by atoms with Gasteiger partial charge in [0.25, 0.3) is 0 Å². The fourth-order valence-corrected chi connectivity index (χ4v) is 3.54. The second-order valence-corrected chi connectivity index (χ2v) is 6.58. The molecule has 138 valence electrons. The van der Waals surface area contributed by atoms with E-state index in [9.17, 15) is 14.7 Å². The predicted octanol–water partition coefficient (Wildman–Crippen LogP) is 2.15. The molecule has 1 aliphatic heterocycles. The van der Waals surface area contributed by atoms with Gasteiger partial charge in [0.1, 0.15) is 11.4 Å². The minimum atomic E-state index is -0.990. The number of hydrogen-bond donors (Lipinski definition) is 2. The van der Waals surface area contributed by atoms with Gasteiger partial charge in [-0.25, -0.2) is 9.78 Å². The predicted molar refractivity (Wildman–Crippen MR) is 102 cm³/mol. The van der Waals surface area contributed by atoms with E-state index in [1.807, 2.05) is 40.3 Å². The van der Waals surface area contributed by atoms with Crippen LogP contribution in [0.15, 0.2) is 48.8 Å². The number of aromatic carboxylic acids is 1. The van der Waals surface area contributed by atoms with Crippen molar-refractivity contribution in [3.05, 3.63) is 59.9 Å². The highest BCUT2D eigenvalue weighted by molar-refractivity contribution is 5.93. The number of nitrogens with zero attached hydrogens (tertiary/aromatic N) is 3. The average molecular weight is 364 g/mol. The molecule has 0 atom stereocenters. The number of H-pyrrole nitrogens is 1. The molecule has 0 aliphatic carbocycles. The number of anilines is 1. The standard InChI is InChI=1S/C20H20N4O3/c25-18(12-14-13-22-17-6-2-1-4-15(14)17)23-8-10-24(11-9-23)19-16(20(26)27)5-3-7-21-19/h1-7,13,22H,8-12H2,(H,26,27). The maximum absolute atomic E-state index is 12.7.